The van der Waals surface area contributed by atoms with Crippen LogP contribution < -0.4 is 4.74 Å². The van der Waals surface area contributed by atoms with Crippen molar-refractivity contribution in [2.24, 2.45) is 5.92 Å². The molecule has 0 saturated carbocycles. The first-order valence-corrected chi connectivity index (χ1v) is 11.2. The van der Waals surface area contributed by atoms with Crippen LogP contribution in [-0.2, 0) is 13.0 Å². The van der Waals surface area contributed by atoms with E-state index < -0.39 is 0 Å². The zero-order chi connectivity index (χ0) is 22.3. The van der Waals surface area contributed by atoms with Gasteiger partial charge in [0.1, 0.15) is 5.75 Å². The van der Waals surface area contributed by atoms with E-state index in [0.29, 0.717) is 11.7 Å². The lowest BCUT2D eigenvalue weighted by molar-refractivity contribution is 0.0555. The standard InChI is InChI=1S/C26H31N3O3/c1-28(26(30)25-10-6-16-32-25)24(18-20-7-5-9-23(17-20)31-2)21-11-14-29(15-12-21)19-22-8-3-4-13-27-22/h3-10,13,16-17,21,24H,11-12,14-15,18-19H2,1-2H3. The summed E-state index contributed by atoms with van der Waals surface area (Å²) in [5.41, 5.74) is 2.27. The second kappa shape index (κ2) is 10.5. The van der Waals surface area contributed by atoms with Gasteiger partial charge in [-0.1, -0.05) is 18.2 Å². The molecular formula is C26H31N3O3. The van der Waals surface area contributed by atoms with Gasteiger partial charge in [0, 0.05) is 25.8 Å². The maximum absolute atomic E-state index is 13.1. The highest BCUT2D eigenvalue weighted by Gasteiger charge is 2.32. The molecule has 32 heavy (non-hydrogen) atoms. The van der Waals surface area contributed by atoms with E-state index in [0.717, 1.165) is 50.3 Å². The number of carbonyl (C=O) groups excluding carboxylic acids is 1. The third kappa shape index (κ3) is 5.37. The van der Waals surface area contributed by atoms with Crippen molar-refractivity contribution in [3.8, 4) is 5.75 Å². The molecule has 0 bridgehead atoms. The Morgan fingerprint density at radius 3 is 2.72 bits per heavy atom. The van der Waals surface area contributed by atoms with Crippen LogP contribution in [0.1, 0.15) is 34.7 Å². The molecule has 1 saturated heterocycles. The lowest BCUT2D eigenvalue weighted by atomic mass is 9.84. The van der Waals surface area contributed by atoms with Gasteiger partial charge in [-0.3, -0.25) is 14.7 Å². The number of hydrogen-bond donors (Lipinski definition) is 0. The number of aromatic nitrogens is 1. The van der Waals surface area contributed by atoms with Crippen molar-refractivity contribution < 1.29 is 13.9 Å². The molecule has 1 aliphatic rings. The number of likely N-dealkylation sites (N-methyl/N-ethyl adjacent to an activating group) is 1. The average Bonchev–Trinajstić information content (AvgIpc) is 3.38. The van der Waals surface area contributed by atoms with Crippen molar-refractivity contribution in [1.29, 1.82) is 0 Å². The van der Waals surface area contributed by atoms with E-state index in [4.69, 9.17) is 9.15 Å². The number of furan rings is 1. The smallest absolute Gasteiger partial charge is 0.289 e. The number of amides is 1. The Balaban J connectivity index is 1.47. The third-order valence-corrected chi connectivity index (χ3v) is 6.42. The number of benzene rings is 1. The summed E-state index contributed by atoms with van der Waals surface area (Å²) in [4.78, 5) is 21.9. The molecule has 1 amide bonds. The number of nitrogens with zero attached hydrogens (tertiary/aromatic N) is 3. The fourth-order valence-electron chi connectivity index (χ4n) is 4.60. The molecule has 1 aromatic carbocycles. The molecule has 1 aliphatic heterocycles. The molecule has 4 rings (SSSR count). The molecule has 0 radical (unpaired) electrons. The van der Waals surface area contributed by atoms with Crippen molar-refractivity contribution in [3.63, 3.8) is 0 Å². The summed E-state index contributed by atoms with van der Waals surface area (Å²) in [7, 11) is 3.58. The maximum atomic E-state index is 13.1. The first-order valence-electron chi connectivity index (χ1n) is 11.2. The van der Waals surface area contributed by atoms with Gasteiger partial charge in [-0.15, -0.1) is 0 Å². The number of ether oxygens (including phenoxy) is 1. The number of rotatable bonds is 8. The summed E-state index contributed by atoms with van der Waals surface area (Å²) < 4.78 is 10.8. The van der Waals surface area contributed by atoms with Crippen molar-refractivity contribution >= 4 is 5.91 Å². The van der Waals surface area contributed by atoms with Crippen molar-refractivity contribution in [2.75, 3.05) is 27.2 Å². The zero-order valence-corrected chi connectivity index (χ0v) is 18.8. The Bertz CT molecular complexity index is 983. The fourth-order valence-corrected chi connectivity index (χ4v) is 4.60. The van der Waals surface area contributed by atoms with Gasteiger partial charge in [0.25, 0.3) is 5.91 Å². The van der Waals surface area contributed by atoms with Crippen molar-refractivity contribution in [3.05, 3.63) is 84.1 Å². The Kier molecular flexibility index (Phi) is 7.22. The Morgan fingerprint density at radius 2 is 2.03 bits per heavy atom. The second-order valence-corrected chi connectivity index (χ2v) is 8.45. The van der Waals surface area contributed by atoms with Gasteiger partial charge in [0.2, 0.25) is 0 Å². The second-order valence-electron chi connectivity index (χ2n) is 8.45. The van der Waals surface area contributed by atoms with Crippen LogP contribution in [0.4, 0.5) is 0 Å². The normalized spacial score (nSPS) is 15.9. The molecule has 1 unspecified atom stereocenters. The van der Waals surface area contributed by atoms with Crippen LogP contribution in [0.2, 0.25) is 0 Å². The molecule has 0 N–H and O–H groups in total. The molecule has 6 heteroatoms. The Hall–Kier alpha value is -3.12. The van der Waals surface area contributed by atoms with Crippen LogP contribution in [0.3, 0.4) is 0 Å². The topological polar surface area (TPSA) is 58.8 Å². The van der Waals surface area contributed by atoms with Gasteiger partial charge in [-0.25, -0.2) is 0 Å². The summed E-state index contributed by atoms with van der Waals surface area (Å²) >= 11 is 0. The van der Waals surface area contributed by atoms with Gasteiger partial charge < -0.3 is 14.1 Å². The van der Waals surface area contributed by atoms with E-state index in [1.54, 1.807) is 25.5 Å². The largest absolute Gasteiger partial charge is 0.497 e. The van der Waals surface area contributed by atoms with Crippen molar-refractivity contribution in [2.45, 2.75) is 31.8 Å². The molecule has 1 fully saturated rings. The monoisotopic (exact) mass is 433 g/mol. The van der Waals surface area contributed by atoms with Crippen LogP contribution >= 0.6 is 0 Å². The molecule has 3 heterocycles. The van der Waals surface area contributed by atoms with Crippen LogP contribution in [0.15, 0.2) is 71.5 Å². The molecule has 2 aromatic heterocycles. The highest BCUT2D eigenvalue weighted by molar-refractivity contribution is 5.91. The van der Waals surface area contributed by atoms with Crippen LogP contribution in [0, 0.1) is 5.92 Å². The maximum Gasteiger partial charge on any atom is 0.289 e. The molecule has 6 nitrogen and oxygen atoms in total. The minimum Gasteiger partial charge on any atom is -0.497 e. The molecule has 1 atom stereocenters. The van der Waals surface area contributed by atoms with Gasteiger partial charge in [0.15, 0.2) is 5.76 Å². The zero-order valence-electron chi connectivity index (χ0n) is 18.8. The predicted molar refractivity (Wildman–Crippen MR) is 124 cm³/mol. The highest BCUT2D eigenvalue weighted by atomic mass is 16.5. The van der Waals surface area contributed by atoms with E-state index in [9.17, 15) is 4.79 Å². The van der Waals surface area contributed by atoms with E-state index in [1.165, 1.54) is 5.56 Å². The summed E-state index contributed by atoms with van der Waals surface area (Å²) in [5, 5.41) is 0. The molecular weight excluding hydrogens is 402 g/mol. The number of piperidine rings is 1. The SMILES string of the molecule is COc1cccc(CC(C2CCN(Cc3ccccn3)CC2)N(C)C(=O)c2ccco2)c1. The number of methoxy groups -OCH3 is 1. The van der Waals surface area contributed by atoms with Crippen molar-refractivity contribution in [1.82, 2.24) is 14.8 Å². The first-order chi connectivity index (χ1) is 15.6. The van der Waals surface area contributed by atoms with Gasteiger partial charge >= 0.3 is 0 Å². The van der Waals surface area contributed by atoms with E-state index in [1.807, 2.05) is 42.4 Å². The first kappa shape index (κ1) is 22.1. The molecule has 0 spiro atoms. The fraction of sp³-hybridized carbons (Fsp3) is 0.385. The Labute approximate surface area is 189 Å². The number of pyridine rings is 1. The van der Waals surface area contributed by atoms with E-state index in [-0.39, 0.29) is 11.9 Å². The lowest BCUT2D eigenvalue weighted by Crippen LogP contribution is -2.47. The quantitative estimate of drug-likeness (QED) is 0.531. The summed E-state index contributed by atoms with van der Waals surface area (Å²) in [6, 6.07) is 17.8. The minimum absolute atomic E-state index is 0.0705. The highest BCUT2D eigenvalue weighted by Crippen LogP contribution is 2.28. The lowest BCUT2D eigenvalue weighted by Gasteiger charge is -2.40. The molecule has 3 aromatic rings. The summed E-state index contributed by atoms with van der Waals surface area (Å²) in [6.07, 6.45) is 6.26. The average molecular weight is 434 g/mol. The molecule has 0 aliphatic carbocycles. The summed E-state index contributed by atoms with van der Waals surface area (Å²) in [6.45, 7) is 2.87. The number of hydrogen-bond acceptors (Lipinski definition) is 5. The number of carbonyl (C=O) groups is 1. The van der Waals surface area contributed by atoms with Gasteiger partial charge in [-0.05, 0) is 80.2 Å². The minimum atomic E-state index is -0.0705. The van der Waals surface area contributed by atoms with Crippen LogP contribution in [-0.4, -0.2) is 54.0 Å². The Morgan fingerprint density at radius 1 is 1.19 bits per heavy atom. The van der Waals surface area contributed by atoms with Gasteiger partial charge in [0.05, 0.1) is 19.1 Å². The molecule has 168 valence electrons. The van der Waals surface area contributed by atoms with E-state index >= 15 is 0 Å². The van der Waals surface area contributed by atoms with Gasteiger partial charge in [-0.2, -0.15) is 0 Å². The summed E-state index contributed by atoms with van der Waals surface area (Å²) in [5.74, 6) is 1.56. The van der Waals surface area contributed by atoms with Crippen LogP contribution in [0.25, 0.3) is 0 Å². The van der Waals surface area contributed by atoms with E-state index in [2.05, 4.69) is 28.1 Å². The predicted octanol–water partition coefficient (Wildman–Crippen LogP) is 4.28. The number of likely N-dealkylation sites (tertiary alicyclic amines) is 1. The van der Waals surface area contributed by atoms with Crippen LogP contribution in [0.5, 0.6) is 5.75 Å². The third-order valence-electron chi connectivity index (χ3n) is 6.42.